The Hall–Kier alpha value is -1.82. The zero-order valence-electron chi connectivity index (χ0n) is 12.3. The van der Waals surface area contributed by atoms with Crippen LogP contribution >= 0.6 is 0 Å². The van der Waals surface area contributed by atoms with Crippen LogP contribution in [0.5, 0.6) is 0 Å². The van der Waals surface area contributed by atoms with Crippen molar-refractivity contribution in [3.05, 3.63) is 41.3 Å². The van der Waals surface area contributed by atoms with Crippen molar-refractivity contribution in [2.24, 2.45) is 0 Å². The van der Waals surface area contributed by atoms with E-state index in [0.29, 0.717) is 18.8 Å². The molecule has 1 aromatic carbocycles. The minimum atomic E-state index is -3.57. The molecule has 0 unspecified atom stereocenters. The number of para-hydroxylation sites is 1. The third kappa shape index (κ3) is 2.33. The molecule has 2 heterocycles. The van der Waals surface area contributed by atoms with Crippen LogP contribution in [0.4, 0.5) is 5.69 Å². The molecule has 0 saturated carbocycles. The molecule has 0 bridgehead atoms. The number of sulfonamides is 1. The standard InChI is InChI=1S/C15H19N3O2S/c1-3-13-16-10-14(17-13)21(19,20)18-9-5-8-12-7-4-6-11(2)15(12)18/h4,6-7,10H,3,5,8-9H2,1-2H3,(H,16,17). The number of fused-ring (bicyclic) bond motifs is 1. The third-order valence-corrected chi connectivity index (χ3v) is 5.59. The molecule has 6 heteroatoms. The molecule has 0 radical (unpaired) electrons. The van der Waals surface area contributed by atoms with Gasteiger partial charge in [-0.25, -0.2) is 4.98 Å². The van der Waals surface area contributed by atoms with Crippen molar-refractivity contribution in [1.29, 1.82) is 0 Å². The summed E-state index contributed by atoms with van der Waals surface area (Å²) in [4.78, 5) is 7.02. The summed E-state index contributed by atoms with van der Waals surface area (Å²) in [6.45, 7) is 4.41. The first-order valence-corrected chi connectivity index (χ1v) is 8.63. The van der Waals surface area contributed by atoms with Crippen molar-refractivity contribution >= 4 is 15.7 Å². The van der Waals surface area contributed by atoms with Crippen LogP contribution in [0.3, 0.4) is 0 Å². The zero-order chi connectivity index (χ0) is 15.0. The summed E-state index contributed by atoms with van der Waals surface area (Å²) in [5.74, 6) is 0.690. The molecule has 0 spiro atoms. The fourth-order valence-corrected chi connectivity index (χ4v) is 4.36. The Labute approximate surface area is 125 Å². The molecule has 21 heavy (non-hydrogen) atoms. The summed E-state index contributed by atoms with van der Waals surface area (Å²) in [5, 5.41) is 0.176. The number of rotatable bonds is 3. The molecular weight excluding hydrogens is 286 g/mol. The van der Waals surface area contributed by atoms with Crippen molar-refractivity contribution in [2.45, 2.75) is 38.1 Å². The first-order valence-electron chi connectivity index (χ1n) is 7.19. The van der Waals surface area contributed by atoms with Gasteiger partial charge in [0, 0.05) is 13.0 Å². The van der Waals surface area contributed by atoms with Crippen LogP contribution in [0.15, 0.2) is 29.4 Å². The molecule has 0 saturated heterocycles. The maximum Gasteiger partial charge on any atom is 0.281 e. The Morgan fingerprint density at radius 3 is 2.90 bits per heavy atom. The van der Waals surface area contributed by atoms with Gasteiger partial charge in [-0.05, 0) is 30.9 Å². The van der Waals surface area contributed by atoms with Gasteiger partial charge in [0.2, 0.25) is 0 Å². The van der Waals surface area contributed by atoms with Crippen molar-refractivity contribution in [3.63, 3.8) is 0 Å². The summed E-state index contributed by atoms with van der Waals surface area (Å²) in [7, 11) is -3.57. The SMILES string of the molecule is CCc1ncc(S(=O)(=O)N2CCCc3cccc(C)c32)[nH]1. The molecule has 0 atom stereocenters. The number of imidazole rings is 1. The lowest BCUT2D eigenvalue weighted by atomic mass is 10.0. The zero-order valence-corrected chi connectivity index (χ0v) is 13.1. The number of aryl methyl sites for hydroxylation is 3. The Bertz CT molecular complexity index is 765. The van der Waals surface area contributed by atoms with Crippen molar-refractivity contribution < 1.29 is 8.42 Å². The van der Waals surface area contributed by atoms with Crippen LogP contribution in [-0.4, -0.2) is 24.9 Å². The van der Waals surface area contributed by atoms with E-state index in [0.717, 1.165) is 29.7 Å². The minimum absolute atomic E-state index is 0.176. The highest BCUT2D eigenvalue weighted by Gasteiger charge is 2.31. The molecule has 1 N–H and O–H groups in total. The summed E-state index contributed by atoms with van der Waals surface area (Å²) in [5.41, 5.74) is 2.92. The Kier molecular flexibility index (Phi) is 3.49. The average molecular weight is 305 g/mol. The molecule has 0 amide bonds. The highest BCUT2D eigenvalue weighted by Crippen LogP contribution is 2.34. The van der Waals surface area contributed by atoms with E-state index in [1.165, 1.54) is 10.5 Å². The highest BCUT2D eigenvalue weighted by molar-refractivity contribution is 7.92. The summed E-state index contributed by atoms with van der Waals surface area (Å²) < 4.78 is 27.3. The average Bonchev–Trinajstić information content (AvgIpc) is 2.97. The van der Waals surface area contributed by atoms with Gasteiger partial charge >= 0.3 is 0 Å². The predicted octanol–water partition coefficient (Wildman–Crippen LogP) is 2.42. The maximum absolute atomic E-state index is 12.9. The molecule has 112 valence electrons. The number of hydrogen-bond donors (Lipinski definition) is 1. The quantitative estimate of drug-likeness (QED) is 0.947. The predicted molar refractivity (Wildman–Crippen MR) is 82.0 cm³/mol. The highest BCUT2D eigenvalue weighted by atomic mass is 32.2. The van der Waals surface area contributed by atoms with Gasteiger partial charge in [-0.15, -0.1) is 0 Å². The smallest absolute Gasteiger partial charge is 0.281 e. The van der Waals surface area contributed by atoms with E-state index in [1.54, 1.807) is 0 Å². The molecule has 3 rings (SSSR count). The lowest BCUT2D eigenvalue weighted by molar-refractivity contribution is 0.583. The second-order valence-electron chi connectivity index (χ2n) is 5.31. The van der Waals surface area contributed by atoms with Crippen molar-refractivity contribution in [1.82, 2.24) is 9.97 Å². The maximum atomic E-state index is 12.9. The number of benzene rings is 1. The van der Waals surface area contributed by atoms with E-state index in [4.69, 9.17) is 0 Å². The number of aromatic amines is 1. The van der Waals surface area contributed by atoms with Gasteiger partial charge < -0.3 is 4.98 Å². The summed E-state index contributed by atoms with van der Waals surface area (Å²) >= 11 is 0. The van der Waals surface area contributed by atoms with Crippen LogP contribution in [0.2, 0.25) is 0 Å². The van der Waals surface area contributed by atoms with Crippen LogP contribution < -0.4 is 4.31 Å². The van der Waals surface area contributed by atoms with Gasteiger partial charge in [0.05, 0.1) is 11.9 Å². The van der Waals surface area contributed by atoms with Crippen molar-refractivity contribution in [2.75, 3.05) is 10.8 Å². The van der Waals surface area contributed by atoms with Gasteiger partial charge in [-0.1, -0.05) is 25.1 Å². The van der Waals surface area contributed by atoms with Crippen LogP contribution in [-0.2, 0) is 22.9 Å². The van der Waals surface area contributed by atoms with Crippen LogP contribution in [0.25, 0.3) is 0 Å². The van der Waals surface area contributed by atoms with Gasteiger partial charge in [0.15, 0.2) is 5.03 Å². The van der Waals surface area contributed by atoms with Gasteiger partial charge in [-0.3, -0.25) is 4.31 Å². The van der Waals surface area contributed by atoms with Gasteiger partial charge in [-0.2, -0.15) is 8.42 Å². The van der Waals surface area contributed by atoms with Crippen molar-refractivity contribution in [3.8, 4) is 0 Å². The Balaban J connectivity index is 2.09. The Morgan fingerprint density at radius 1 is 1.38 bits per heavy atom. The second-order valence-corrected chi connectivity index (χ2v) is 7.14. The summed E-state index contributed by atoms with van der Waals surface area (Å²) in [6.07, 6.45) is 3.86. The number of aromatic nitrogens is 2. The summed E-state index contributed by atoms with van der Waals surface area (Å²) in [6, 6.07) is 5.95. The lowest BCUT2D eigenvalue weighted by Gasteiger charge is -2.31. The molecule has 1 aromatic heterocycles. The molecule has 0 fully saturated rings. The van der Waals surface area contributed by atoms with Gasteiger partial charge in [0.25, 0.3) is 10.0 Å². The Morgan fingerprint density at radius 2 is 2.19 bits per heavy atom. The van der Waals surface area contributed by atoms with Crippen LogP contribution in [0.1, 0.15) is 30.3 Å². The molecule has 1 aliphatic rings. The van der Waals surface area contributed by atoms with Crippen LogP contribution in [0, 0.1) is 6.92 Å². The normalized spacial score (nSPS) is 15.0. The van der Waals surface area contributed by atoms with E-state index >= 15 is 0 Å². The van der Waals surface area contributed by atoms with E-state index in [2.05, 4.69) is 9.97 Å². The molecular formula is C15H19N3O2S. The fourth-order valence-electron chi connectivity index (χ4n) is 2.82. The lowest BCUT2D eigenvalue weighted by Crippen LogP contribution is -2.36. The number of hydrogen-bond acceptors (Lipinski definition) is 3. The largest absolute Gasteiger partial charge is 0.332 e. The first-order chi connectivity index (χ1) is 10.0. The topological polar surface area (TPSA) is 66.1 Å². The number of anilines is 1. The van der Waals surface area contributed by atoms with E-state index < -0.39 is 10.0 Å². The molecule has 2 aromatic rings. The number of nitrogens with zero attached hydrogens (tertiary/aromatic N) is 2. The van der Waals surface area contributed by atoms with E-state index in [1.807, 2.05) is 32.0 Å². The molecule has 1 aliphatic heterocycles. The monoisotopic (exact) mass is 305 g/mol. The minimum Gasteiger partial charge on any atom is -0.332 e. The third-order valence-electron chi connectivity index (χ3n) is 3.89. The van der Waals surface area contributed by atoms with Gasteiger partial charge in [0.1, 0.15) is 5.82 Å². The molecule has 5 nitrogen and oxygen atoms in total. The van der Waals surface area contributed by atoms with E-state index in [-0.39, 0.29) is 5.03 Å². The number of H-pyrrole nitrogens is 1. The molecule has 0 aliphatic carbocycles. The second kappa shape index (κ2) is 5.18. The van der Waals surface area contributed by atoms with E-state index in [9.17, 15) is 8.42 Å². The number of nitrogens with one attached hydrogen (secondary N) is 1. The fraction of sp³-hybridized carbons (Fsp3) is 0.400. The first kappa shape index (κ1) is 14.1.